The maximum absolute atomic E-state index is 10.5. The fourth-order valence-corrected chi connectivity index (χ4v) is 1.35. The van der Waals surface area contributed by atoms with Gasteiger partial charge in [0, 0.05) is 5.56 Å². The molecule has 0 bridgehead atoms. The number of rotatable bonds is 3. The topological polar surface area (TPSA) is 96.2 Å². The highest BCUT2D eigenvalue weighted by molar-refractivity contribution is 5.69. The van der Waals surface area contributed by atoms with E-state index in [2.05, 4.69) is 15.2 Å². The summed E-state index contributed by atoms with van der Waals surface area (Å²) in [7, 11) is 0. The summed E-state index contributed by atoms with van der Waals surface area (Å²) in [4.78, 5) is 14.6. The van der Waals surface area contributed by atoms with Crippen LogP contribution < -0.4 is 0 Å². The monoisotopic (exact) mass is 231 g/mol. The molecule has 6 heteroatoms. The average Bonchev–Trinajstić information content (AvgIpc) is 2.28. The molecule has 0 aliphatic rings. The van der Waals surface area contributed by atoms with E-state index in [1.165, 1.54) is 18.3 Å². The predicted octanol–water partition coefficient (Wildman–Crippen LogP) is 0.871. The first-order chi connectivity index (χ1) is 8.15. The van der Waals surface area contributed by atoms with E-state index < -0.39 is 5.97 Å². The van der Waals surface area contributed by atoms with Crippen molar-refractivity contribution < 1.29 is 15.0 Å². The first-order valence-corrected chi connectivity index (χ1v) is 4.85. The molecular weight excluding hydrogens is 222 g/mol. The molecule has 2 rings (SSSR count). The summed E-state index contributed by atoms with van der Waals surface area (Å²) in [6.07, 6.45) is 1.14. The smallest absolute Gasteiger partial charge is 0.311 e. The van der Waals surface area contributed by atoms with Gasteiger partial charge in [0.2, 0.25) is 0 Å². The second-order valence-corrected chi connectivity index (χ2v) is 3.38. The number of carboxylic acid groups (broad SMARTS) is 1. The zero-order valence-electron chi connectivity index (χ0n) is 8.74. The van der Waals surface area contributed by atoms with Crippen LogP contribution in [-0.4, -0.2) is 31.4 Å². The van der Waals surface area contributed by atoms with Gasteiger partial charge in [0.1, 0.15) is 12.2 Å². The number of hydrogen-bond acceptors (Lipinski definition) is 5. The van der Waals surface area contributed by atoms with Gasteiger partial charge in [-0.1, -0.05) is 12.1 Å². The first-order valence-electron chi connectivity index (χ1n) is 4.85. The van der Waals surface area contributed by atoms with Gasteiger partial charge in [-0.3, -0.25) is 4.79 Å². The molecule has 0 spiro atoms. The number of aromatic hydroxyl groups is 1. The molecule has 0 atom stereocenters. The standard InChI is InChI=1S/C11H9N3O3/c15-8-3-1-2-7(4-8)9-6-12-14-10(13-9)5-11(16)17/h1-4,6,15H,5H2,(H,16,17). The van der Waals surface area contributed by atoms with Crippen LogP contribution in [0, 0.1) is 0 Å². The Hall–Kier alpha value is -2.50. The Balaban J connectivity index is 2.36. The van der Waals surface area contributed by atoms with Gasteiger partial charge in [-0.25, -0.2) is 4.98 Å². The van der Waals surface area contributed by atoms with Gasteiger partial charge in [-0.05, 0) is 12.1 Å². The molecule has 6 nitrogen and oxygen atoms in total. The Kier molecular flexibility index (Phi) is 2.95. The summed E-state index contributed by atoms with van der Waals surface area (Å²) in [5, 5.41) is 25.3. The average molecular weight is 231 g/mol. The molecule has 17 heavy (non-hydrogen) atoms. The highest BCUT2D eigenvalue weighted by atomic mass is 16.4. The van der Waals surface area contributed by atoms with Crippen LogP contribution in [0.25, 0.3) is 11.3 Å². The Bertz CT molecular complexity index is 557. The molecule has 0 amide bonds. The van der Waals surface area contributed by atoms with Gasteiger partial charge in [-0.15, -0.1) is 5.10 Å². The number of nitrogens with zero attached hydrogens (tertiary/aromatic N) is 3. The van der Waals surface area contributed by atoms with Gasteiger partial charge < -0.3 is 10.2 Å². The molecule has 0 aliphatic carbocycles. The maximum atomic E-state index is 10.5. The van der Waals surface area contributed by atoms with Gasteiger partial charge in [0.15, 0.2) is 5.82 Å². The van der Waals surface area contributed by atoms with Crippen LogP contribution in [-0.2, 0) is 11.2 Å². The fourth-order valence-electron chi connectivity index (χ4n) is 1.35. The van der Waals surface area contributed by atoms with Gasteiger partial charge in [0.05, 0.1) is 11.9 Å². The third kappa shape index (κ3) is 2.75. The van der Waals surface area contributed by atoms with Crippen LogP contribution in [0.15, 0.2) is 30.5 Å². The largest absolute Gasteiger partial charge is 0.508 e. The van der Waals surface area contributed by atoms with Crippen molar-refractivity contribution in [1.82, 2.24) is 15.2 Å². The van der Waals surface area contributed by atoms with Crippen LogP contribution in [0.3, 0.4) is 0 Å². The number of aliphatic carboxylic acids is 1. The number of carbonyl (C=O) groups is 1. The Labute approximate surface area is 96.6 Å². The number of hydrogen-bond donors (Lipinski definition) is 2. The molecule has 0 unspecified atom stereocenters. The van der Waals surface area contributed by atoms with Crippen LogP contribution >= 0.6 is 0 Å². The molecule has 0 saturated heterocycles. The molecule has 0 aliphatic heterocycles. The molecule has 0 saturated carbocycles. The zero-order chi connectivity index (χ0) is 12.3. The molecule has 2 aromatic rings. The van der Waals surface area contributed by atoms with Crippen LogP contribution in [0.2, 0.25) is 0 Å². The Morgan fingerprint density at radius 1 is 1.35 bits per heavy atom. The number of phenols is 1. The number of aromatic nitrogens is 3. The summed E-state index contributed by atoms with van der Waals surface area (Å²) < 4.78 is 0. The second kappa shape index (κ2) is 4.56. The van der Waals surface area contributed by atoms with Crippen LogP contribution in [0.4, 0.5) is 0 Å². The Morgan fingerprint density at radius 3 is 2.88 bits per heavy atom. The predicted molar refractivity (Wildman–Crippen MR) is 58.3 cm³/mol. The van der Waals surface area contributed by atoms with Gasteiger partial charge in [0.25, 0.3) is 0 Å². The van der Waals surface area contributed by atoms with E-state index >= 15 is 0 Å². The lowest BCUT2D eigenvalue weighted by Crippen LogP contribution is -2.06. The zero-order valence-corrected chi connectivity index (χ0v) is 8.74. The molecule has 2 N–H and O–H groups in total. The van der Waals surface area contributed by atoms with E-state index in [-0.39, 0.29) is 18.0 Å². The van der Waals surface area contributed by atoms with E-state index in [4.69, 9.17) is 5.11 Å². The SMILES string of the molecule is O=C(O)Cc1nncc(-c2cccc(O)c2)n1. The third-order valence-electron chi connectivity index (χ3n) is 2.05. The van der Waals surface area contributed by atoms with Gasteiger partial charge >= 0.3 is 5.97 Å². The highest BCUT2D eigenvalue weighted by Crippen LogP contribution is 2.20. The van der Waals surface area contributed by atoms with E-state index in [1.54, 1.807) is 12.1 Å². The van der Waals surface area contributed by atoms with E-state index in [0.717, 1.165) is 0 Å². The van der Waals surface area contributed by atoms with E-state index in [9.17, 15) is 9.90 Å². The second-order valence-electron chi connectivity index (χ2n) is 3.38. The normalized spacial score (nSPS) is 10.1. The lowest BCUT2D eigenvalue weighted by Gasteiger charge is -2.02. The molecule has 86 valence electrons. The third-order valence-corrected chi connectivity index (χ3v) is 2.05. The van der Waals surface area contributed by atoms with Crippen molar-refractivity contribution in [3.63, 3.8) is 0 Å². The minimum absolute atomic E-state index is 0.112. The van der Waals surface area contributed by atoms with Crippen molar-refractivity contribution >= 4 is 5.97 Å². The molecule has 0 fully saturated rings. The molecule has 1 aromatic carbocycles. The summed E-state index contributed by atoms with van der Waals surface area (Å²) >= 11 is 0. The minimum Gasteiger partial charge on any atom is -0.508 e. The highest BCUT2D eigenvalue weighted by Gasteiger charge is 2.07. The van der Waals surface area contributed by atoms with Crippen LogP contribution in [0.5, 0.6) is 5.75 Å². The van der Waals surface area contributed by atoms with Crippen molar-refractivity contribution in [3.8, 4) is 17.0 Å². The lowest BCUT2D eigenvalue weighted by atomic mass is 10.1. The van der Waals surface area contributed by atoms with Crippen molar-refractivity contribution in [2.24, 2.45) is 0 Å². The molecule has 1 heterocycles. The number of benzene rings is 1. The van der Waals surface area contributed by atoms with Crippen molar-refractivity contribution in [1.29, 1.82) is 0 Å². The minimum atomic E-state index is -1.01. The number of carboxylic acids is 1. The summed E-state index contributed by atoms with van der Waals surface area (Å²) in [5.41, 5.74) is 1.14. The van der Waals surface area contributed by atoms with E-state index in [0.29, 0.717) is 11.3 Å². The van der Waals surface area contributed by atoms with Crippen molar-refractivity contribution in [3.05, 3.63) is 36.3 Å². The quantitative estimate of drug-likeness (QED) is 0.813. The maximum Gasteiger partial charge on any atom is 0.311 e. The Morgan fingerprint density at radius 2 is 2.18 bits per heavy atom. The summed E-state index contributed by atoms with van der Waals surface area (Å²) in [6.45, 7) is 0. The van der Waals surface area contributed by atoms with Crippen molar-refractivity contribution in [2.75, 3.05) is 0 Å². The van der Waals surface area contributed by atoms with Crippen LogP contribution in [0.1, 0.15) is 5.82 Å². The summed E-state index contributed by atoms with van der Waals surface area (Å²) in [6, 6.07) is 6.47. The van der Waals surface area contributed by atoms with Gasteiger partial charge in [-0.2, -0.15) is 5.10 Å². The van der Waals surface area contributed by atoms with E-state index in [1.807, 2.05) is 0 Å². The summed E-state index contributed by atoms with van der Waals surface area (Å²) in [5.74, 6) is -0.765. The lowest BCUT2D eigenvalue weighted by molar-refractivity contribution is -0.136. The fraction of sp³-hybridized carbons (Fsp3) is 0.0909. The molecule has 0 radical (unpaired) electrons. The number of phenolic OH excluding ortho intramolecular Hbond substituents is 1. The molecular formula is C11H9N3O3. The van der Waals surface area contributed by atoms with Crippen molar-refractivity contribution in [2.45, 2.75) is 6.42 Å². The molecule has 1 aromatic heterocycles. The first kappa shape index (κ1) is 11.0.